The van der Waals surface area contributed by atoms with E-state index in [-0.39, 0.29) is 17.0 Å². The second-order valence-corrected chi connectivity index (χ2v) is 5.44. The molecule has 0 unspecified atom stereocenters. The third-order valence-corrected chi connectivity index (χ3v) is 3.87. The normalized spacial score (nSPS) is 12.5. The van der Waals surface area contributed by atoms with Crippen LogP contribution in [-0.2, 0) is 0 Å². The fourth-order valence-electron chi connectivity index (χ4n) is 2.69. The highest BCUT2D eigenvalue weighted by molar-refractivity contribution is 6.13. The molecule has 1 aliphatic rings. The number of hydrogen-bond donors (Lipinski definition) is 3. The molecule has 1 aliphatic heterocycles. The molecule has 1 aromatic heterocycles. The molecular formula is C17H11F2N5O. The van der Waals surface area contributed by atoms with E-state index in [1.54, 1.807) is 12.1 Å². The average molecular weight is 339 g/mol. The first-order valence-electron chi connectivity index (χ1n) is 7.32. The van der Waals surface area contributed by atoms with Gasteiger partial charge in [0.05, 0.1) is 28.8 Å². The number of rotatable bonds is 2. The Hall–Kier alpha value is -3.55. The summed E-state index contributed by atoms with van der Waals surface area (Å²) in [4.78, 5) is 15.8. The summed E-state index contributed by atoms with van der Waals surface area (Å²) in [6.45, 7) is 0. The van der Waals surface area contributed by atoms with E-state index in [1.165, 1.54) is 18.3 Å². The highest BCUT2D eigenvalue weighted by atomic mass is 19.1. The van der Waals surface area contributed by atoms with Crippen molar-refractivity contribution in [2.75, 3.05) is 5.32 Å². The molecule has 6 nitrogen and oxygen atoms in total. The molecular weight excluding hydrogens is 328 g/mol. The number of amidine groups is 1. The SMILES string of the molecule is NC(=O)c1ccc2c(c1)-c1[nH]ncc1NC(c1c(F)cccc1F)=N2. The van der Waals surface area contributed by atoms with E-state index in [4.69, 9.17) is 5.73 Å². The zero-order valence-electron chi connectivity index (χ0n) is 12.7. The second kappa shape index (κ2) is 5.52. The molecule has 0 radical (unpaired) electrons. The lowest BCUT2D eigenvalue weighted by molar-refractivity contribution is 0.100. The Kier molecular flexibility index (Phi) is 3.31. The molecule has 0 atom stereocenters. The Morgan fingerprint density at radius 1 is 1.12 bits per heavy atom. The molecule has 0 aliphatic carbocycles. The van der Waals surface area contributed by atoms with Gasteiger partial charge in [0.1, 0.15) is 17.5 Å². The topological polar surface area (TPSA) is 96.2 Å². The quantitative estimate of drug-likeness (QED) is 0.670. The molecule has 4 N–H and O–H groups in total. The number of carbonyl (C=O) groups is 1. The molecule has 2 aromatic carbocycles. The summed E-state index contributed by atoms with van der Waals surface area (Å²) in [6.07, 6.45) is 1.47. The van der Waals surface area contributed by atoms with Crippen LogP contribution in [0.25, 0.3) is 11.3 Å². The van der Waals surface area contributed by atoms with Crippen LogP contribution in [0.2, 0.25) is 0 Å². The molecule has 4 rings (SSSR count). The monoisotopic (exact) mass is 339 g/mol. The summed E-state index contributed by atoms with van der Waals surface area (Å²) >= 11 is 0. The van der Waals surface area contributed by atoms with Gasteiger partial charge in [-0.2, -0.15) is 5.10 Å². The first-order valence-corrected chi connectivity index (χ1v) is 7.32. The number of nitrogens with two attached hydrogens (primary N) is 1. The molecule has 124 valence electrons. The minimum atomic E-state index is -0.742. The number of aliphatic imine (C=N–C) groups is 1. The largest absolute Gasteiger partial charge is 0.366 e. The van der Waals surface area contributed by atoms with E-state index >= 15 is 0 Å². The maximum absolute atomic E-state index is 14.2. The van der Waals surface area contributed by atoms with E-state index in [2.05, 4.69) is 20.5 Å². The number of primary amides is 1. The van der Waals surface area contributed by atoms with E-state index in [1.807, 2.05) is 0 Å². The number of carbonyl (C=O) groups excluding carboxylic acids is 1. The number of amides is 1. The summed E-state index contributed by atoms with van der Waals surface area (Å²) in [5.74, 6) is -2.07. The summed E-state index contributed by atoms with van der Waals surface area (Å²) in [5, 5.41) is 9.63. The lowest BCUT2D eigenvalue weighted by Gasteiger charge is -2.09. The number of nitrogens with one attached hydrogen (secondary N) is 2. The van der Waals surface area contributed by atoms with Crippen LogP contribution >= 0.6 is 0 Å². The number of H-pyrrole nitrogens is 1. The fourth-order valence-corrected chi connectivity index (χ4v) is 2.69. The minimum absolute atomic E-state index is 0.00354. The van der Waals surface area contributed by atoms with Gasteiger partial charge in [-0.25, -0.2) is 13.8 Å². The Morgan fingerprint density at radius 3 is 2.60 bits per heavy atom. The Morgan fingerprint density at radius 2 is 1.88 bits per heavy atom. The van der Waals surface area contributed by atoms with Gasteiger partial charge in [-0.3, -0.25) is 9.89 Å². The van der Waals surface area contributed by atoms with Crippen molar-refractivity contribution < 1.29 is 13.6 Å². The average Bonchev–Trinajstić information content (AvgIpc) is 2.97. The highest BCUT2D eigenvalue weighted by Gasteiger charge is 2.23. The predicted octanol–water partition coefficient (Wildman–Crippen LogP) is 2.96. The lowest BCUT2D eigenvalue weighted by Crippen LogP contribution is -2.16. The number of nitrogens with zero attached hydrogens (tertiary/aromatic N) is 2. The van der Waals surface area contributed by atoms with Crippen LogP contribution in [0.1, 0.15) is 15.9 Å². The van der Waals surface area contributed by atoms with Gasteiger partial charge in [0.25, 0.3) is 0 Å². The molecule has 0 saturated heterocycles. The van der Waals surface area contributed by atoms with Crippen molar-refractivity contribution in [3.8, 4) is 11.3 Å². The van der Waals surface area contributed by atoms with Crippen LogP contribution in [0.5, 0.6) is 0 Å². The number of aromatic amines is 1. The summed E-state index contributed by atoms with van der Waals surface area (Å²) in [6, 6.07) is 8.21. The van der Waals surface area contributed by atoms with Gasteiger partial charge in [0, 0.05) is 11.1 Å². The molecule has 1 amide bonds. The summed E-state index contributed by atoms with van der Waals surface area (Å²) in [5.41, 5.74) is 7.30. The van der Waals surface area contributed by atoms with E-state index in [9.17, 15) is 13.6 Å². The summed E-state index contributed by atoms with van der Waals surface area (Å²) in [7, 11) is 0. The molecule has 0 bridgehead atoms. The lowest BCUT2D eigenvalue weighted by atomic mass is 10.0. The Bertz CT molecular complexity index is 1020. The van der Waals surface area contributed by atoms with Crippen molar-refractivity contribution in [3.05, 3.63) is 65.4 Å². The first-order chi connectivity index (χ1) is 12.0. The van der Waals surface area contributed by atoms with Gasteiger partial charge < -0.3 is 11.1 Å². The maximum Gasteiger partial charge on any atom is 0.248 e. The van der Waals surface area contributed by atoms with Crippen LogP contribution in [0.3, 0.4) is 0 Å². The second-order valence-electron chi connectivity index (χ2n) is 5.44. The molecule has 0 spiro atoms. The maximum atomic E-state index is 14.2. The van der Waals surface area contributed by atoms with Crippen molar-refractivity contribution in [1.82, 2.24) is 10.2 Å². The zero-order chi connectivity index (χ0) is 17.6. The van der Waals surface area contributed by atoms with Crippen LogP contribution in [0.4, 0.5) is 20.2 Å². The van der Waals surface area contributed by atoms with Gasteiger partial charge in [0.15, 0.2) is 0 Å². The molecule has 0 fully saturated rings. The highest BCUT2D eigenvalue weighted by Crippen LogP contribution is 2.37. The van der Waals surface area contributed by atoms with Crippen LogP contribution < -0.4 is 11.1 Å². The van der Waals surface area contributed by atoms with Crippen LogP contribution in [0, 0.1) is 11.6 Å². The zero-order valence-corrected chi connectivity index (χ0v) is 12.7. The number of halogens is 2. The van der Waals surface area contributed by atoms with Gasteiger partial charge in [-0.15, -0.1) is 0 Å². The van der Waals surface area contributed by atoms with Crippen molar-refractivity contribution in [2.45, 2.75) is 0 Å². The number of aromatic nitrogens is 2. The molecule has 3 aromatic rings. The molecule has 2 heterocycles. The number of fused-ring (bicyclic) bond motifs is 3. The van der Waals surface area contributed by atoms with Crippen LogP contribution in [0.15, 0.2) is 47.6 Å². The van der Waals surface area contributed by atoms with E-state index < -0.39 is 17.5 Å². The van der Waals surface area contributed by atoms with Crippen molar-refractivity contribution in [2.24, 2.45) is 10.7 Å². The molecule has 0 saturated carbocycles. The predicted molar refractivity (Wildman–Crippen MR) is 88.7 cm³/mol. The van der Waals surface area contributed by atoms with Crippen LogP contribution in [-0.4, -0.2) is 21.9 Å². The van der Waals surface area contributed by atoms with E-state index in [0.717, 1.165) is 12.1 Å². The van der Waals surface area contributed by atoms with Gasteiger partial charge in [0.2, 0.25) is 5.91 Å². The van der Waals surface area contributed by atoms with Crippen molar-refractivity contribution in [3.63, 3.8) is 0 Å². The molecule has 8 heteroatoms. The van der Waals surface area contributed by atoms with Crippen molar-refractivity contribution >= 4 is 23.1 Å². The smallest absolute Gasteiger partial charge is 0.248 e. The third-order valence-electron chi connectivity index (χ3n) is 3.87. The number of anilines is 1. The third kappa shape index (κ3) is 2.44. The van der Waals surface area contributed by atoms with Gasteiger partial charge in [-0.1, -0.05) is 6.07 Å². The number of benzene rings is 2. The van der Waals surface area contributed by atoms with Gasteiger partial charge >= 0.3 is 0 Å². The molecule has 25 heavy (non-hydrogen) atoms. The standard InChI is InChI=1S/C17H11F2N5O/c18-10-2-1-3-11(19)14(10)17-22-12-5-4-8(16(20)25)6-9(12)15-13(23-17)7-21-24-15/h1-7H,(H2,20,25)(H,21,24)(H,22,23). The Labute approximate surface area is 140 Å². The fraction of sp³-hybridized carbons (Fsp3) is 0. The number of hydrogen-bond acceptors (Lipinski definition) is 4. The summed E-state index contributed by atoms with van der Waals surface area (Å²) < 4.78 is 28.3. The van der Waals surface area contributed by atoms with Crippen molar-refractivity contribution in [1.29, 1.82) is 0 Å². The Balaban J connectivity index is 1.98. The van der Waals surface area contributed by atoms with Gasteiger partial charge in [-0.05, 0) is 30.3 Å². The van der Waals surface area contributed by atoms with E-state index in [0.29, 0.717) is 22.6 Å². The first kappa shape index (κ1) is 15.0. The minimum Gasteiger partial charge on any atom is -0.366 e.